The highest BCUT2D eigenvalue weighted by molar-refractivity contribution is 5.82. The van der Waals surface area contributed by atoms with Crippen molar-refractivity contribution in [2.24, 2.45) is 59.2 Å². The maximum Gasteiger partial charge on any atom is 0.307 e. The highest BCUT2D eigenvalue weighted by Crippen LogP contribution is 2.82. The molecule has 5 fully saturated rings. The standard InChI is InChI=1S/C14H14O4/c15-13(16)11-9-6-3-1-2-4-5(3)8(9)10(7(4)6)12(11)14(17)18/h1-12H,(H,15,16)(H,17,18)/t3-,4-,5?,6-,7+,8?,9-,10+,11+,12-/m0/s1. The molecule has 18 heavy (non-hydrogen) atoms. The van der Waals surface area contributed by atoms with Crippen LogP contribution in [0.5, 0.6) is 0 Å². The van der Waals surface area contributed by atoms with E-state index in [9.17, 15) is 19.8 Å². The SMILES string of the molecule is O=C(O)[C@@H]1[C@H](C(=O)O)[C@@H]2C3C4[C@@H]5C=C[C@@H]4[C@@H]([C@H]31)[C@@H]25. The molecule has 0 aromatic carbocycles. The van der Waals surface area contributed by atoms with E-state index in [2.05, 4.69) is 12.2 Å². The fourth-order valence-corrected chi connectivity index (χ4v) is 6.95. The average Bonchev–Trinajstić information content (AvgIpc) is 3.07. The molecule has 6 aliphatic rings. The summed E-state index contributed by atoms with van der Waals surface area (Å²) in [5, 5.41) is 18.8. The second-order valence-corrected chi connectivity index (χ2v) is 6.73. The monoisotopic (exact) mass is 246 g/mol. The molecular weight excluding hydrogens is 232 g/mol. The van der Waals surface area contributed by atoms with Crippen molar-refractivity contribution in [1.29, 1.82) is 0 Å². The molecule has 0 aliphatic heterocycles. The predicted molar refractivity (Wildman–Crippen MR) is 59.3 cm³/mol. The van der Waals surface area contributed by atoms with E-state index in [0.29, 0.717) is 35.5 Å². The smallest absolute Gasteiger partial charge is 0.307 e. The third kappa shape index (κ3) is 0.677. The number of rotatable bonds is 2. The molecule has 0 aromatic rings. The molecule has 2 N–H and O–H groups in total. The Balaban J connectivity index is 1.67. The van der Waals surface area contributed by atoms with Gasteiger partial charge in [-0.2, -0.15) is 0 Å². The maximum absolute atomic E-state index is 11.5. The molecule has 0 spiro atoms. The second-order valence-electron chi connectivity index (χ2n) is 6.73. The molecular formula is C14H14O4. The van der Waals surface area contributed by atoms with Gasteiger partial charge < -0.3 is 10.2 Å². The minimum absolute atomic E-state index is 0.148. The molecule has 6 rings (SSSR count). The molecule has 4 heteroatoms. The number of hydrogen-bond donors (Lipinski definition) is 2. The zero-order valence-electron chi connectivity index (χ0n) is 9.64. The Bertz CT molecular complexity index is 480. The molecule has 0 radical (unpaired) electrons. The number of aliphatic carboxylic acids is 2. The molecule has 94 valence electrons. The van der Waals surface area contributed by atoms with E-state index >= 15 is 0 Å². The van der Waals surface area contributed by atoms with Crippen molar-refractivity contribution < 1.29 is 19.8 Å². The minimum atomic E-state index is -0.884. The van der Waals surface area contributed by atoms with Gasteiger partial charge in [0.05, 0.1) is 11.8 Å². The Labute approximate surface area is 104 Å². The van der Waals surface area contributed by atoms with Crippen molar-refractivity contribution in [3.05, 3.63) is 12.2 Å². The first kappa shape index (κ1) is 9.59. The Hall–Kier alpha value is -1.32. The molecule has 2 unspecified atom stereocenters. The van der Waals surface area contributed by atoms with Crippen LogP contribution >= 0.6 is 0 Å². The summed E-state index contributed by atoms with van der Waals surface area (Å²) in [5.74, 6) is 0.353. The van der Waals surface area contributed by atoms with Crippen LogP contribution in [0.1, 0.15) is 0 Å². The van der Waals surface area contributed by atoms with Crippen molar-refractivity contribution in [1.82, 2.24) is 0 Å². The van der Waals surface area contributed by atoms with Crippen molar-refractivity contribution in [3.8, 4) is 0 Å². The summed E-state index contributed by atoms with van der Waals surface area (Å²) >= 11 is 0. The van der Waals surface area contributed by atoms with Crippen molar-refractivity contribution >= 4 is 11.9 Å². The largest absolute Gasteiger partial charge is 0.481 e. The minimum Gasteiger partial charge on any atom is -0.481 e. The van der Waals surface area contributed by atoms with Gasteiger partial charge >= 0.3 is 11.9 Å². The van der Waals surface area contributed by atoms with E-state index < -0.39 is 23.8 Å². The maximum atomic E-state index is 11.5. The van der Waals surface area contributed by atoms with Gasteiger partial charge in [0.2, 0.25) is 0 Å². The number of carboxylic acid groups (broad SMARTS) is 2. The van der Waals surface area contributed by atoms with Gasteiger partial charge in [-0.3, -0.25) is 9.59 Å². The fourth-order valence-electron chi connectivity index (χ4n) is 6.95. The number of allylic oxidation sites excluding steroid dienone is 2. The molecule has 0 aromatic heterocycles. The molecule has 0 saturated heterocycles. The van der Waals surface area contributed by atoms with Gasteiger partial charge in [-0.05, 0) is 47.3 Å². The van der Waals surface area contributed by atoms with E-state index in [0.717, 1.165) is 0 Å². The molecule has 6 aliphatic carbocycles. The summed E-state index contributed by atoms with van der Waals surface area (Å²) in [4.78, 5) is 22.9. The van der Waals surface area contributed by atoms with Crippen LogP contribution in [0.3, 0.4) is 0 Å². The Morgan fingerprint density at radius 2 is 1.11 bits per heavy atom. The molecule has 8 bridgehead atoms. The van der Waals surface area contributed by atoms with Gasteiger partial charge in [-0.1, -0.05) is 12.2 Å². The predicted octanol–water partition coefficient (Wildman–Crippen LogP) is 0.942. The van der Waals surface area contributed by atoms with Gasteiger partial charge in [0, 0.05) is 0 Å². The molecule has 0 heterocycles. The van der Waals surface area contributed by atoms with Gasteiger partial charge in [0.1, 0.15) is 0 Å². The van der Waals surface area contributed by atoms with Crippen LogP contribution in [0.4, 0.5) is 0 Å². The highest BCUT2D eigenvalue weighted by Gasteiger charge is 2.82. The summed E-state index contributed by atoms with van der Waals surface area (Å²) in [5.41, 5.74) is 0. The summed E-state index contributed by atoms with van der Waals surface area (Å²) in [6.07, 6.45) is 4.56. The summed E-state index contributed by atoms with van der Waals surface area (Å²) in [7, 11) is 0. The zero-order chi connectivity index (χ0) is 12.3. The Morgan fingerprint density at radius 3 is 1.50 bits per heavy atom. The van der Waals surface area contributed by atoms with Gasteiger partial charge in [0.25, 0.3) is 0 Å². The molecule has 0 amide bonds. The topological polar surface area (TPSA) is 74.6 Å². The Kier molecular flexibility index (Phi) is 1.34. The van der Waals surface area contributed by atoms with Crippen molar-refractivity contribution in [2.75, 3.05) is 0 Å². The van der Waals surface area contributed by atoms with Crippen LogP contribution in [0, 0.1) is 59.2 Å². The van der Waals surface area contributed by atoms with Gasteiger partial charge in [-0.15, -0.1) is 0 Å². The van der Waals surface area contributed by atoms with Crippen LogP contribution in [0.15, 0.2) is 12.2 Å². The van der Waals surface area contributed by atoms with E-state index in [1.54, 1.807) is 0 Å². The summed E-state index contributed by atoms with van der Waals surface area (Å²) in [6.45, 7) is 0. The lowest BCUT2D eigenvalue weighted by Crippen LogP contribution is -2.43. The van der Waals surface area contributed by atoms with Crippen LogP contribution < -0.4 is 0 Å². The molecule has 5 saturated carbocycles. The molecule has 4 nitrogen and oxygen atoms in total. The van der Waals surface area contributed by atoms with Gasteiger partial charge in [0.15, 0.2) is 0 Å². The third-order valence-electron chi connectivity index (χ3n) is 6.79. The highest BCUT2D eigenvalue weighted by atomic mass is 16.4. The Morgan fingerprint density at radius 1 is 0.667 bits per heavy atom. The second kappa shape index (κ2) is 2.51. The number of hydrogen-bond acceptors (Lipinski definition) is 2. The van der Waals surface area contributed by atoms with Gasteiger partial charge in [-0.25, -0.2) is 0 Å². The first-order valence-electron chi connectivity index (χ1n) is 6.77. The average molecular weight is 246 g/mol. The lowest BCUT2D eigenvalue weighted by molar-refractivity contribution is -0.159. The third-order valence-corrected chi connectivity index (χ3v) is 6.79. The lowest BCUT2D eigenvalue weighted by atomic mass is 9.65. The van der Waals surface area contributed by atoms with Crippen LogP contribution in [-0.2, 0) is 9.59 Å². The number of carboxylic acids is 2. The number of carbonyl (C=O) groups is 2. The quantitative estimate of drug-likeness (QED) is 0.711. The van der Waals surface area contributed by atoms with Crippen LogP contribution in [0.25, 0.3) is 0 Å². The van der Waals surface area contributed by atoms with E-state index in [4.69, 9.17) is 0 Å². The summed E-state index contributed by atoms with van der Waals surface area (Å²) in [6, 6.07) is 0. The van der Waals surface area contributed by atoms with E-state index in [1.807, 2.05) is 0 Å². The normalized spacial score (nSPS) is 64.2. The van der Waals surface area contributed by atoms with Crippen LogP contribution in [-0.4, -0.2) is 22.2 Å². The van der Waals surface area contributed by atoms with E-state index in [-0.39, 0.29) is 11.8 Å². The first-order valence-corrected chi connectivity index (χ1v) is 6.77. The fraction of sp³-hybridized carbons (Fsp3) is 0.714. The molecule has 10 atom stereocenters. The lowest BCUT2D eigenvalue weighted by Gasteiger charge is -2.38. The first-order chi connectivity index (χ1) is 8.63. The van der Waals surface area contributed by atoms with Crippen LogP contribution in [0.2, 0.25) is 0 Å². The summed E-state index contributed by atoms with van der Waals surface area (Å²) < 4.78 is 0. The van der Waals surface area contributed by atoms with Crippen molar-refractivity contribution in [2.45, 2.75) is 0 Å². The zero-order valence-corrected chi connectivity index (χ0v) is 9.64. The van der Waals surface area contributed by atoms with E-state index in [1.165, 1.54) is 0 Å². The van der Waals surface area contributed by atoms with Crippen molar-refractivity contribution in [3.63, 3.8) is 0 Å².